The van der Waals surface area contributed by atoms with Crippen LogP contribution in [0.15, 0.2) is 60.0 Å². The first kappa shape index (κ1) is 18.0. The fourth-order valence-corrected chi connectivity index (χ4v) is 3.49. The summed E-state index contributed by atoms with van der Waals surface area (Å²) in [5.74, 6) is 0.407. The number of benzene rings is 2. The minimum Gasteiger partial charge on any atom is -0.298 e. The number of hydrogen-bond donors (Lipinski definition) is 1. The van der Waals surface area contributed by atoms with Crippen LogP contribution in [0, 0.1) is 0 Å². The first-order valence-electron chi connectivity index (χ1n) is 8.82. The average Bonchev–Trinajstić information content (AvgIpc) is 3.38. The first-order valence-corrected chi connectivity index (χ1v) is 9.70. The lowest BCUT2D eigenvalue weighted by atomic mass is 10.1. The standard InChI is InChI=1S/C20H18N6OS/c1-13(2)26-18(23-24-25-26)15-9-6-10-16(11-15)19(27)22-20-21-17(12-28-20)14-7-4-3-5-8-14/h3-13H,1-2H3,(H,21,22,27). The summed E-state index contributed by atoms with van der Waals surface area (Å²) in [5.41, 5.74) is 3.16. The molecule has 0 spiro atoms. The van der Waals surface area contributed by atoms with Crippen molar-refractivity contribution in [3.05, 3.63) is 65.5 Å². The van der Waals surface area contributed by atoms with Gasteiger partial charge in [0.25, 0.3) is 5.91 Å². The van der Waals surface area contributed by atoms with E-state index in [1.54, 1.807) is 16.8 Å². The quantitative estimate of drug-likeness (QED) is 0.549. The molecular formula is C20H18N6OS. The van der Waals surface area contributed by atoms with E-state index < -0.39 is 0 Å². The lowest BCUT2D eigenvalue weighted by Gasteiger charge is -2.08. The van der Waals surface area contributed by atoms with Crippen LogP contribution < -0.4 is 5.32 Å². The van der Waals surface area contributed by atoms with Crippen LogP contribution >= 0.6 is 11.3 Å². The molecule has 0 radical (unpaired) electrons. The largest absolute Gasteiger partial charge is 0.298 e. The third-order valence-electron chi connectivity index (χ3n) is 4.16. The van der Waals surface area contributed by atoms with E-state index >= 15 is 0 Å². The maximum Gasteiger partial charge on any atom is 0.257 e. The Morgan fingerprint density at radius 1 is 1.07 bits per heavy atom. The topological polar surface area (TPSA) is 85.6 Å². The predicted molar refractivity (Wildman–Crippen MR) is 109 cm³/mol. The Kier molecular flexibility index (Phi) is 4.94. The second-order valence-electron chi connectivity index (χ2n) is 6.48. The molecule has 2 aromatic carbocycles. The Hall–Kier alpha value is -3.39. The van der Waals surface area contributed by atoms with E-state index in [2.05, 4.69) is 25.8 Å². The molecule has 0 aliphatic heterocycles. The van der Waals surface area contributed by atoms with Crippen molar-refractivity contribution >= 4 is 22.4 Å². The molecule has 0 bridgehead atoms. The molecule has 0 saturated carbocycles. The van der Waals surface area contributed by atoms with Gasteiger partial charge in [-0.2, -0.15) is 0 Å². The van der Waals surface area contributed by atoms with Gasteiger partial charge in [0.1, 0.15) is 0 Å². The highest BCUT2D eigenvalue weighted by Gasteiger charge is 2.15. The molecule has 2 heterocycles. The second kappa shape index (κ2) is 7.69. The van der Waals surface area contributed by atoms with Crippen LogP contribution in [0.5, 0.6) is 0 Å². The molecule has 4 aromatic rings. The number of rotatable bonds is 5. The van der Waals surface area contributed by atoms with Gasteiger partial charge in [-0.05, 0) is 36.4 Å². The van der Waals surface area contributed by atoms with Crippen molar-refractivity contribution in [2.75, 3.05) is 5.32 Å². The van der Waals surface area contributed by atoms with Gasteiger partial charge in [0, 0.05) is 22.1 Å². The number of carbonyl (C=O) groups excluding carboxylic acids is 1. The molecule has 8 heteroatoms. The number of hydrogen-bond acceptors (Lipinski definition) is 6. The number of nitrogens with zero attached hydrogens (tertiary/aromatic N) is 5. The first-order chi connectivity index (χ1) is 13.6. The summed E-state index contributed by atoms with van der Waals surface area (Å²) in [6, 6.07) is 17.2. The molecule has 0 aliphatic carbocycles. The average molecular weight is 390 g/mol. The highest BCUT2D eigenvalue weighted by atomic mass is 32.1. The van der Waals surface area contributed by atoms with Gasteiger partial charge in [0.05, 0.1) is 11.7 Å². The van der Waals surface area contributed by atoms with Crippen molar-refractivity contribution in [2.45, 2.75) is 19.9 Å². The van der Waals surface area contributed by atoms with Crippen LogP contribution in [0.4, 0.5) is 5.13 Å². The molecule has 0 atom stereocenters. The van der Waals surface area contributed by atoms with Crippen molar-refractivity contribution in [1.29, 1.82) is 0 Å². The van der Waals surface area contributed by atoms with E-state index in [1.807, 2.05) is 61.7 Å². The van der Waals surface area contributed by atoms with E-state index in [0.29, 0.717) is 16.5 Å². The lowest BCUT2D eigenvalue weighted by molar-refractivity contribution is 0.102. The summed E-state index contributed by atoms with van der Waals surface area (Å²) >= 11 is 1.40. The van der Waals surface area contributed by atoms with Crippen LogP contribution in [0.1, 0.15) is 30.2 Å². The van der Waals surface area contributed by atoms with Crippen LogP contribution in [-0.4, -0.2) is 31.1 Å². The monoisotopic (exact) mass is 390 g/mol. The summed E-state index contributed by atoms with van der Waals surface area (Å²) in [6.07, 6.45) is 0. The van der Waals surface area contributed by atoms with Gasteiger partial charge < -0.3 is 0 Å². The molecule has 0 unspecified atom stereocenters. The second-order valence-corrected chi connectivity index (χ2v) is 7.34. The van der Waals surface area contributed by atoms with E-state index in [-0.39, 0.29) is 11.9 Å². The molecule has 28 heavy (non-hydrogen) atoms. The van der Waals surface area contributed by atoms with Crippen molar-refractivity contribution in [3.63, 3.8) is 0 Å². The van der Waals surface area contributed by atoms with Gasteiger partial charge in [-0.1, -0.05) is 42.5 Å². The zero-order valence-electron chi connectivity index (χ0n) is 15.4. The van der Waals surface area contributed by atoms with Crippen molar-refractivity contribution in [2.24, 2.45) is 0 Å². The van der Waals surface area contributed by atoms with Crippen LogP contribution in [-0.2, 0) is 0 Å². The highest BCUT2D eigenvalue weighted by molar-refractivity contribution is 7.14. The molecule has 2 aromatic heterocycles. The number of thiazole rings is 1. The smallest absolute Gasteiger partial charge is 0.257 e. The third-order valence-corrected chi connectivity index (χ3v) is 4.92. The van der Waals surface area contributed by atoms with Gasteiger partial charge in [-0.15, -0.1) is 16.4 Å². The molecular weight excluding hydrogens is 372 g/mol. The Labute approximate surface area is 166 Å². The molecule has 1 N–H and O–H groups in total. The van der Waals surface area contributed by atoms with Gasteiger partial charge >= 0.3 is 0 Å². The molecule has 140 valence electrons. The summed E-state index contributed by atoms with van der Waals surface area (Å²) in [4.78, 5) is 17.2. The number of carbonyl (C=O) groups is 1. The number of amides is 1. The van der Waals surface area contributed by atoms with E-state index in [9.17, 15) is 4.79 Å². The van der Waals surface area contributed by atoms with Crippen LogP contribution in [0.2, 0.25) is 0 Å². The Bertz CT molecular complexity index is 1100. The van der Waals surface area contributed by atoms with E-state index in [1.165, 1.54) is 11.3 Å². The molecule has 0 saturated heterocycles. The van der Waals surface area contributed by atoms with Crippen LogP contribution in [0.3, 0.4) is 0 Å². The molecule has 7 nitrogen and oxygen atoms in total. The Morgan fingerprint density at radius 3 is 2.64 bits per heavy atom. The lowest BCUT2D eigenvalue weighted by Crippen LogP contribution is -2.12. The van der Waals surface area contributed by atoms with Crippen molar-refractivity contribution in [1.82, 2.24) is 25.2 Å². The molecule has 1 amide bonds. The predicted octanol–water partition coefficient (Wildman–Crippen LogP) is 4.30. The molecule has 4 rings (SSSR count). The summed E-state index contributed by atoms with van der Waals surface area (Å²) in [6.45, 7) is 4.01. The Morgan fingerprint density at radius 2 is 1.86 bits per heavy atom. The van der Waals surface area contributed by atoms with Gasteiger partial charge in [0.2, 0.25) is 0 Å². The summed E-state index contributed by atoms with van der Waals surface area (Å²) in [7, 11) is 0. The number of anilines is 1. The summed E-state index contributed by atoms with van der Waals surface area (Å²) < 4.78 is 1.73. The number of aromatic nitrogens is 5. The maximum absolute atomic E-state index is 12.7. The highest BCUT2D eigenvalue weighted by Crippen LogP contribution is 2.25. The number of tetrazole rings is 1. The Balaban J connectivity index is 1.55. The van der Waals surface area contributed by atoms with E-state index in [4.69, 9.17) is 0 Å². The minimum atomic E-state index is -0.223. The normalized spacial score (nSPS) is 11.0. The fraction of sp³-hybridized carbons (Fsp3) is 0.150. The maximum atomic E-state index is 12.7. The zero-order valence-corrected chi connectivity index (χ0v) is 16.2. The van der Waals surface area contributed by atoms with Crippen LogP contribution in [0.25, 0.3) is 22.6 Å². The van der Waals surface area contributed by atoms with Gasteiger partial charge in [0.15, 0.2) is 11.0 Å². The molecule has 0 aliphatic rings. The molecule has 0 fully saturated rings. The number of nitrogens with one attached hydrogen (secondary N) is 1. The van der Waals surface area contributed by atoms with Crippen molar-refractivity contribution < 1.29 is 4.79 Å². The zero-order chi connectivity index (χ0) is 19.5. The summed E-state index contributed by atoms with van der Waals surface area (Å²) in [5, 5.41) is 17.2. The fourth-order valence-electron chi connectivity index (χ4n) is 2.77. The van der Waals surface area contributed by atoms with E-state index in [0.717, 1.165) is 16.8 Å². The minimum absolute atomic E-state index is 0.120. The van der Waals surface area contributed by atoms with Crippen molar-refractivity contribution in [3.8, 4) is 22.6 Å². The third kappa shape index (κ3) is 3.67. The van der Waals surface area contributed by atoms with Gasteiger partial charge in [-0.3, -0.25) is 10.1 Å². The SMILES string of the molecule is CC(C)n1nnnc1-c1cccc(C(=O)Nc2nc(-c3ccccc3)cs2)c1. The van der Waals surface area contributed by atoms with Gasteiger partial charge in [-0.25, -0.2) is 9.67 Å².